The molecule has 0 aliphatic rings. The number of nitrogens with zero attached hydrogens (tertiary/aromatic N) is 1. The van der Waals surface area contributed by atoms with Crippen LogP contribution in [0.5, 0.6) is 0 Å². The fourth-order valence-corrected chi connectivity index (χ4v) is 1.90. The molecule has 6 heteroatoms. The van der Waals surface area contributed by atoms with Crippen LogP contribution >= 0.6 is 24.0 Å². The summed E-state index contributed by atoms with van der Waals surface area (Å²) in [6.45, 7) is 7.37. The first kappa shape index (κ1) is 21.0. The zero-order chi connectivity index (χ0) is 15.3. The van der Waals surface area contributed by atoms with Gasteiger partial charge in [-0.15, -0.1) is 24.0 Å². The number of benzene rings is 1. The van der Waals surface area contributed by atoms with E-state index in [9.17, 15) is 0 Å². The van der Waals surface area contributed by atoms with Crippen molar-refractivity contribution in [1.29, 1.82) is 0 Å². The maximum Gasteiger partial charge on any atom is 0.191 e. The zero-order valence-electron chi connectivity index (χ0n) is 13.8. The molecule has 3 N–H and O–H groups in total. The fourth-order valence-electron chi connectivity index (χ4n) is 1.90. The number of nitrogens with one attached hydrogen (secondary N) is 3. The normalized spacial score (nSPS) is 12.2. The average molecular weight is 420 g/mol. The summed E-state index contributed by atoms with van der Waals surface area (Å²) < 4.78 is 5.12. The molecule has 22 heavy (non-hydrogen) atoms. The first-order valence-electron chi connectivity index (χ1n) is 7.59. The van der Waals surface area contributed by atoms with Crippen LogP contribution in [0.2, 0.25) is 0 Å². The van der Waals surface area contributed by atoms with Crippen molar-refractivity contribution in [3.63, 3.8) is 0 Å². The van der Waals surface area contributed by atoms with E-state index < -0.39 is 0 Å². The van der Waals surface area contributed by atoms with E-state index in [1.54, 1.807) is 7.11 Å². The SMILES string of the molecule is CCNC(=NCCCNc1ccccc1)NC(C)COC.I. The maximum absolute atomic E-state index is 5.12. The number of aliphatic imine (C=N–C) groups is 1. The molecule has 0 aliphatic heterocycles. The van der Waals surface area contributed by atoms with Gasteiger partial charge in [-0.3, -0.25) is 4.99 Å². The minimum absolute atomic E-state index is 0. The summed E-state index contributed by atoms with van der Waals surface area (Å²) in [6.07, 6.45) is 0.990. The highest BCUT2D eigenvalue weighted by Gasteiger charge is 2.03. The Morgan fingerprint density at radius 1 is 1.27 bits per heavy atom. The van der Waals surface area contributed by atoms with E-state index in [0.29, 0.717) is 6.61 Å². The molecule has 1 rings (SSSR count). The van der Waals surface area contributed by atoms with Crippen LogP contribution in [0.3, 0.4) is 0 Å². The van der Waals surface area contributed by atoms with Gasteiger partial charge in [0.25, 0.3) is 0 Å². The Hall–Kier alpha value is -1.02. The van der Waals surface area contributed by atoms with Crippen LogP contribution in [-0.2, 0) is 4.74 Å². The van der Waals surface area contributed by atoms with Gasteiger partial charge in [0.05, 0.1) is 6.61 Å². The van der Waals surface area contributed by atoms with Crippen molar-refractivity contribution in [2.45, 2.75) is 26.3 Å². The van der Waals surface area contributed by atoms with Crippen LogP contribution in [0.4, 0.5) is 5.69 Å². The lowest BCUT2D eigenvalue weighted by atomic mass is 10.3. The van der Waals surface area contributed by atoms with Gasteiger partial charge in [0.2, 0.25) is 0 Å². The second-order valence-electron chi connectivity index (χ2n) is 4.91. The molecule has 0 radical (unpaired) electrons. The van der Waals surface area contributed by atoms with Crippen molar-refractivity contribution in [1.82, 2.24) is 10.6 Å². The van der Waals surface area contributed by atoms with Gasteiger partial charge < -0.3 is 20.7 Å². The van der Waals surface area contributed by atoms with Crippen molar-refractivity contribution >= 4 is 35.6 Å². The minimum atomic E-state index is 0. The van der Waals surface area contributed by atoms with Crippen molar-refractivity contribution in [3.05, 3.63) is 30.3 Å². The second kappa shape index (κ2) is 13.6. The first-order valence-corrected chi connectivity index (χ1v) is 7.59. The number of hydrogen-bond donors (Lipinski definition) is 3. The lowest BCUT2D eigenvalue weighted by Crippen LogP contribution is -2.44. The lowest BCUT2D eigenvalue weighted by Gasteiger charge is -2.17. The molecule has 0 amide bonds. The van der Waals surface area contributed by atoms with Gasteiger partial charge in [0.15, 0.2) is 5.96 Å². The van der Waals surface area contributed by atoms with Crippen LogP contribution in [0, 0.1) is 0 Å². The van der Waals surface area contributed by atoms with Crippen molar-refractivity contribution in [2.24, 2.45) is 4.99 Å². The first-order chi connectivity index (χ1) is 10.3. The molecule has 126 valence electrons. The van der Waals surface area contributed by atoms with Gasteiger partial charge in [-0.1, -0.05) is 18.2 Å². The number of rotatable bonds is 9. The zero-order valence-corrected chi connectivity index (χ0v) is 16.1. The van der Waals surface area contributed by atoms with E-state index in [2.05, 4.69) is 46.9 Å². The van der Waals surface area contributed by atoms with Crippen molar-refractivity contribution < 1.29 is 4.74 Å². The number of para-hydroxylation sites is 1. The van der Waals surface area contributed by atoms with Crippen molar-refractivity contribution in [2.75, 3.05) is 38.7 Å². The number of anilines is 1. The highest BCUT2D eigenvalue weighted by atomic mass is 127. The number of halogens is 1. The Labute approximate surface area is 151 Å². The highest BCUT2D eigenvalue weighted by Crippen LogP contribution is 2.04. The third-order valence-electron chi connectivity index (χ3n) is 2.85. The maximum atomic E-state index is 5.12. The lowest BCUT2D eigenvalue weighted by molar-refractivity contribution is 0.179. The van der Waals surface area contributed by atoms with E-state index in [1.165, 1.54) is 0 Å². The molecule has 1 aromatic carbocycles. The topological polar surface area (TPSA) is 57.7 Å². The van der Waals surface area contributed by atoms with Gasteiger partial charge in [-0.2, -0.15) is 0 Å². The van der Waals surface area contributed by atoms with E-state index >= 15 is 0 Å². The Morgan fingerprint density at radius 2 is 2.00 bits per heavy atom. The van der Waals surface area contributed by atoms with E-state index in [1.807, 2.05) is 18.2 Å². The number of methoxy groups -OCH3 is 1. The second-order valence-corrected chi connectivity index (χ2v) is 4.91. The Kier molecular flexibility index (Phi) is 13.0. The summed E-state index contributed by atoms with van der Waals surface area (Å²) in [5.74, 6) is 0.849. The minimum Gasteiger partial charge on any atom is -0.385 e. The number of ether oxygens (including phenoxy) is 1. The molecule has 0 aromatic heterocycles. The Morgan fingerprint density at radius 3 is 2.64 bits per heavy atom. The predicted molar refractivity (Wildman–Crippen MR) is 105 cm³/mol. The molecule has 0 aliphatic carbocycles. The molecule has 0 heterocycles. The van der Waals surface area contributed by atoms with Crippen LogP contribution in [-0.4, -0.2) is 45.4 Å². The molecule has 0 bridgehead atoms. The van der Waals surface area contributed by atoms with E-state index in [4.69, 9.17) is 4.74 Å². The van der Waals surface area contributed by atoms with Crippen LogP contribution in [0.1, 0.15) is 20.3 Å². The molecule has 1 atom stereocenters. The summed E-state index contributed by atoms with van der Waals surface area (Å²) in [5, 5.41) is 9.95. The van der Waals surface area contributed by atoms with Crippen LogP contribution in [0.25, 0.3) is 0 Å². The van der Waals surface area contributed by atoms with Gasteiger partial charge >= 0.3 is 0 Å². The predicted octanol–water partition coefficient (Wildman–Crippen LogP) is 2.70. The quantitative estimate of drug-likeness (QED) is 0.249. The third kappa shape index (κ3) is 9.83. The number of hydrogen-bond acceptors (Lipinski definition) is 3. The Bertz CT molecular complexity index is 400. The van der Waals surface area contributed by atoms with Crippen LogP contribution in [0.15, 0.2) is 35.3 Å². The molecular weight excluding hydrogens is 391 g/mol. The highest BCUT2D eigenvalue weighted by molar-refractivity contribution is 14.0. The molecule has 0 saturated heterocycles. The summed E-state index contributed by atoms with van der Waals surface area (Å²) in [7, 11) is 1.71. The summed E-state index contributed by atoms with van der Waals surface area (Å²) in [6, 6.07) is 10.5. The largest absolute Gasteiger partial charge is 0.385 e. The molecular formula is C16H29IN4O. The number of guanidine groups is 1. The Balaban J connectivity index is 0.00000441. The molecule has 0 spiro atoms. The third-order valence-corrected chi connectivity index (χ3v) is 2.85. The monoisotopic (exact) mass is 420 g/mol. The smallest absolute Gasteiger partial charge is 0.191 e. The molecule has 1 unspecified atom stereocenters. The average Bonchev–Trinajstić information content (AvgIpc) is 2.48. The molecule has 5 nitrogen and oxygen atoms in total. The van der Waals surface area contributed by atoms with Gasteiger partial charge in [-0.25, -0.2) is 0 Å². The summed E-state index contributed by atoms with van der Waals surface area (Å²) in [5.41, 5.74) is 1.15. The van der Waals surface area contributed by atoms with E-state index in [-0.39, 0.29) is 30.0 Å². The van der Waals surface area contributed by atoms with Gasteiger partial charge in [0.1, 0.15) is 0 Å². The van der Waals surface area contributed by atoms with Gasteiger partial charge in [0, 0.05) is 38.5 Å². The van der Waals surface area contributed by atoms with Gasteiger partial charge in [-0.05, 0) is 32.4 Å². The van der Waals surface area contributed by atoms with Crippen molar-refractivity contribution in [3.8, 4) is 0 Å². The summed E-state index contributed by atoms with van der Waals surface area (Å²) >= 11 is 0. The van der Waals surface area contributed by atoms with Crippen LogP contribution < -0.4 is 16.0 Å². The standard InChI is InChI=1S/C16H28N4O.HI/c1-4-17-16(20-14(2)13-21-3)19-12-8-11-18-15-9-6-5-7-10-15;/h5-7,9-10,14,18H,4,8,11-13H2,1-3H3,(H2,17,19,20);1H. The fraction of sp³-hybridized carbons (Fsp3) is 0.562. The molecule has 0 saturated carbocycles. The van der Waals surface area contributed by atoms with E-state index in [0.717, 1.165) is 37.7 Å². The molecule has 0 fully saturated rings. The molecule has 1 aromatic rings. The summed E-state index contributed by atoms with van der Waals surface area (Å²) in [4.78, 5) is 4.57.